The quantitative estimate of drug-likeness (QED) is 0.856. The minimum atomic E-state index is 0.115. The van der Waals surface area contributed by atoms with Gasteiger partial charge in [-0.05, 0) is 32.6 Å². The van der Waals surface area contributed by atoms with Crippen molar-refractivity contribution in [3.63, 3.8) is 0 Å². The summed E-state index contributed by atoms with van der Waals surface area (Å²) in [5, 5.41) is 0. The first-order valence-electron chi connectivity index (χ1n) is 6.50. The van der Waals surface area contributed by atoms with Crippen LogP contribution in [0.4, 0.5) is 5.82 Å². The Balaban J connectivity index is 1.94. The standard InChI is InChI=1S/C13H22N4O/c1-9(2)18-13-7-15-6-12(16-13)17(3)8-10-4-11(14)5-10/h6-7,9-11H,4-5,8,14H2,1-3H3. The number of hydrogen-bond donors (Lipinski definition) is 1. The van der Waals surface area contributed by atoms with Crippen molar-refractivity contribution in [2.75, 3.05) is 18.5 Å². The number of rotatable bonds is 5. The van der Waals surface area contributed by atoms with Crippen LogP contribution in [0.2, 0.25) is 0 Å². The molecule has 1 fully saturated rings. The molecular formula is C13H22N4O. The fourth-order valence-corrected chi connectivity index (χ4v) is 2.24. The Bertz CT molecular complexity index is 390. The zero-order valence-electron chi connectivity index (χ0n) is 11.3. The number of anilines is 1. The fraction of sp³-hybridized carbons (Fsp3) is 0.692. The topological polar surface area (TPSA) is 64.3 Å². The van der Waals surface area contributed by atoms with Crippen LogP contribution in [-0.4, -0.2) is 35.7 Å². The van der Waals surface area contributed by atoms with Gasteiger partial charge in [-0.3, -0.25) is 4.98 Å². The molecule has 0 unspecified atom stereocenters. The molecule has 1 saturated carbocycles. The van der Waals surface area contributed by atoms with Crippen LogP contribution in [0.15, 0.2) is 12.4 Å². The van der Waals surface area contributed by atoms with Crippen molar-refractivity contribution in [3.05, 3.63) is 12.4 Å². The third-order valence-corrected chi connectivity index (χ3v) is 3.15. The van der Waals surface area contributed by atoms with Crippen LogP contribution < -0.4 is 15.4 Å². The van der Waals surface area contributed by atoms with E-state index in [-0.39, 0.29) is 6.10 Å². The summed E-state index contributed by atoms with van der Waals surface area (Å²) in [4.78, 5) is 10.7. The van der Waals surface area contributed by atoms with Crippen LogP contribution in [0.5, 0.6) is 5.88 Å². The molecule has 1 aliphatic carbocycles. The van der Waals surface area contributed by atoms with Gasteiger partial charge in [0.15, 0.2) is 5.82 Å². The Labute approximate surface area is 108 Å². The van der Waals surface area contributed by atoms with Crippen molar-refractivity contribution in [2.45, 2.75) is 38.8 Å². The summed E-state index contributed by atoms with van der Waals surface area (Å²) in [5.74, 6) is 2.12. The van der Waals surface area contributed by atoms with E-state index in [0.717, 1.165) is 25.2 Å². The Hall–Kier alpha value is -1.36. The van der Waals surface area contributed by atoms with Crippen LogP contribution in [0.3, 0.4) is 0 Å². The number of nitrogens with zero attached hydrogens (tertiary/aromatic N) is 3. The normalized spacial score (nSPS) is 22.7. The first-order valence-corrected chi connectivity index (χ1v) is 6.50. The zero-order chi connectivity index (χ0) is 13.1. The second-order valence-corrected chi connectivity index (χ2v) is 5.36. The van der Waals surface area contributed by atoms with Gasteiger partial charge in [-0.15, -0.1) is 0 Å². The average Bonchev–Trinajstić information content (AvgIpc) is 2.26. The molecule has 0 spiro atoms. The highest BCUT2D eigenvalue weighted by atomic mass is 16.5. The maximum Gasteiger partial charge on any atom is 0.234 e. The molecule has 5 heteroatoms. The molecule has 0 atom stereocenters. The van der Waals surface area contributed by atoms with Gasteiger partial charge < -0.3 is 15.4 Å². The van der Waals surface area contributed by atoms with Gasteiger partial charge in [0, 0.05) is 19.6 Å². The molecule has 0 radical (unpaired) electrons. The Kier molecular flexibility index (Phi) is 4.01. The van der Waals surface area contributed by atoms with E-state index in [9.17, 15) is 0 Å². The summed E-state index contributed by atoms with van der Waals surface area (Å²) in [7, 11) is 2.03. The molecule has 1 aromatic rings. The van der Waals surface area contributed by atoms with Crippen molar-refractivity contribution in [1.29, 1.82) is 0 Å². The molecule has 18 heavy (non-hydrogen) atoms. The molecular weight excluding hydrogens is 228 g/mol. The minimum Gasteiger partial charge on any atom is -0.474 e. The summed E-state index contributed by atoms with van der Waals surface area (Å²) < 4.78 is 5.55. The SMILES string of the molecule is CC(C)Oc1cncc(N(C)CC2CC(N)C2)n1. The molecule has 0 aliphatic heterocycles. The van der Waals surface area contributed by atoms with E-state index in [4.69, 9.17) is 10.5 Å². The predicted octanol–water partition coefficient (Wildman–Crippen LogP) is 1.44. The average molecular weight is 250 g/mol. The van der Waals surface area contributed by atoms with E-state index in [1.54, 1.807) is 12.4 Å². The van der Waals surface area contributed by atoms with Gasteiger partial charge in [0.1, 0.15) is 0 Å². The van der Waals surface area contributed by atoms with Gasteiger partial charge in [-0.25, -0.2) is 0 Å². The zero-order valence-corrected chi connectivity index (χ0v) is 11.3. The Morgan fingerprint density at radius 2 is 2.17 bits per heavy atom. The van der Waals surface area contributed by atoms with Crippen molar-refractivity contribution in [2.24, 2.45) is 11.7 Å². The third kappa shape index (κ3) is 3.32. The largest absolute Gasteiger partial charge is 0.474 e. The lowest BCUT2D eigenvalue weighted by Crippen LogP contribution is -2.42. The van der Waals surface area contributed by atoms with Gasteiger partial charge in [-0.2, -0.15) is 4.98 Å². The molecule has 1 aromatic heterocycles. The molecule has 5 nitrogen and oxygen atoms in total. The molecule has 0 saturated heterocycles. The van der Waals surface area contributed by atoms with Crippen molar-refractivity contribution in [3.8, 4) is 5.88 Å². The molecule has 0 bridgehead atoms. The van der Waals surface area contributed by atoms with Gasteiger partial charge in [0.05, 0.1) is 18.5 Å². The van der Waals surface area contributed by atoms with E-state index < -0.39 is 0 Å². The maximum atomic E-state index is 5.80. The monoisotopic (exact) mass is 250 g/mol. The number of ether oxygens (including phenoxy) is 1. The Morgan fingerprint density at radius 3 is 2.78 bits per heavy atom. The lowest BCUT2D eigenvalue weighted by molar-refractivity contribution is 0.231. The lowest BCUT2D eigenvalue weighted by atomic mass is 9.81. The maximum absolute atomic E-state index is 5.80. The van der Waals surface area contributed by atoms with E-state index in [1.807, 2.05) is 20.9 Å². The molecule has 0 aromatic carbocycles. The van der Waals surface area contributed by atoms with Crippen molar-refractivity contribution >= 4 is 5.82 Å². The van der Waals surface area contributed by atoms with E-state index in [0.29, 0.717) is 17.8 Å². The summed E-state index contributed by atoms with van der Waals surface area (Å²) in [6.45, 7) is 4.94. The first-order chi connectivity index (χ1) is 8.54. The summed E-state index contributed by atoms with van der Waals surface area (Å²) in [5.41, 5.74) is 5.80. The highest BCUT2D eigenvalue weighted by molar-refractivity contribution is 5.36. The third-order valence-electron chi connectivity index (χ3n) is 3.15. The van der Waals surface area contributed by atoms with Gasteiger partial charge in [0.2, 0.25) is 5.88 Å². The van der Waals surface area contributed by atoms with E-state index >= 15 is 0 Å². The molecule has 1 aliphatic rings. The van der Waals surface area contributed by atoms with Gasteiger partial charge in [-0.1, -0.05) is 0 Å². The molecule has 100 valence electrons. The van der Waals surface area contributed by atoms with Crippen molar-refractivity contribution in [1.82, 2.24) is 9.97 Å². The minimum absolute atomic E-state index is 0.115. The van der Waals surface area contributed by atoms with Crippen LogP contribution in [-0.2, 0) is 0 Å². The first kappa shape index (κ1) is 13.1. The molecule has 1 heterocycles. The second kappa shape index (κ2) is 5.52. The summed E-state index contributed by atoms with van der Waals surface area (Å²) >= 11 is 0. The second-order valence-electron chi connectivity index (χ2n) is 5.36. The molecule has 0 amide bonds. The summed E-state index contributed by atoms with van der Waals surface area (Å²) in [6.07, 6.45) is 5.76. The highest BCUT2D eigenvalue weighted by Crippen LogP contribution is 2.27. The highest BCUT2D eigenvalue weighted by Gasteiger charge is 2.27. The lowest BCUT2D eigenvalue weighted by Gasteiger charge is -2.35. The molecule has 2 rings (SSSR count). The van der Waals surface area contributed by atoms with E-state index in [1.165, 1.54) is 0 Å². The van der Waals surface area contributed by atoms with Crippen LogP contribution in [0.1, 0.15) is 26.7 Å². The predicted molar refractivity (Wildman–Crippen MR) is 71.8 cm³/mol. The van der Waals surface area contributed by atoms with Gasteiger partial charge in [0.25, 0.3) is 0 Å². The number of hydrogen-bond acceptors (Lipinski definition) is 5. The van der Waals surface area contributed by atoms with Gasteiger partial charge >= 0.3 is 0 Å². The summed E-state index contributed by atoms with van der Waals surface area (Å²) in [6, 6.07) is 0.394. The van der Waals surface area contributed by atoms with Crippen LogP contribution in [0.25, 0.3) is 0 Å². The van der Waals surface area contributed by atoms with Crippen LogP contribution >= 0.6 is 0 Å². The molecule has 2 N–H and O–H groups in total. The van der Waals surface area contributed by atoms with Crippen LogP contribution in [0, 0.1) is 5.92 Å². The number of nitrogens with two attached hydrogens (primary N) is 1. The van der Waals surface area contributed by atoms with E-state index in [2.05, 4.69) is 14.9 Å². The fourth-order valence-electron chi connectivity index (χ4n) is 2.24. The number of aromatic nitrogens is 2. The van der Waals surface area contributed by atoms with Crippen molar-refractivity contribution < 1.29 is 4.74 Å². The Morgan fingerprint density at radius 1 is 1.44 bits per heavy atom. The smallest absolute Gasteiger partial charge is 0.234 e.